The third-order valence-corrected chi connectivity index (χ3v) is 3.34. The predicted molar refractivity (Wildman–Crippen MR) is 82.9 cm³/mol. The molecular weight excluding hydrogens is 322 g/mol. The van der Waals surface area contributed by atoms with E-state index >= 15 is 0 Å². The van der Waals surface area contributed by atoms with Crippen molar-refractivity contribution in [2.24, 2.45) is 4.99 Å². The highest BCUT2D eigenvalue weighted by molar-refractivity contribution is 6.32. The maximum absolute atomic E-state index is 11.9. The molecule has 0 saturated heterocycles. The minimum Gasteiger partial charge on any atom is -0.402 e. The van der Waals surface area contributed by atoms with Crippen LogP contribution in [0.1, 0.15) is 11.1 Å². The Labute approximate surface area is 135 Å². The number of ether oxygens (including phenoxy) is 1. The molecule has 0 bridgehead atoms. The molecule has 114 valence electrons. The molecular formula is C15H8ClN3O4. The van der Waals surface area contributed by atoms with Crippen molar-refractivity contribution in [1.82, 2.24) is 4.98 Å². The first-order chi connectivity index (χ1) is 11.0. The fourth-order valence-corrected chi connectivity index (χ4v) is 2.12. The summed E-state index contributed by atoms with van der Waals surface area (Å²) in [5, 5.41) is 10.9. The van der Waals surface area contributed by atoms with E-state index in [4.69, 9.17) is 16.3 Å². The number of rotatable bonds is 3. The number of carbonyl (C=O) groups is 1. The molecule has 1 aliphatic heterocycles. The van der Waals surface area contributed by atoms with Crippen LogP contribution in [-0.4, -0.2) is 21.8 Å². The van der Waals surface area contributed by atoms with Gasteiger partial charge in [-0.2, -0.15) is 0 Å². The van der Waals surface area contributed by atoms with Gasteiger partial charge in [-0.15, -0.1) is 0 Å². The number of nitrogens with zero attached hydrogens (tertiary/aromatic N) is 3. The normalized spacial score (nSPS) is 15.4. The molecule has 0 radical (unpaired) electrons. The first-order valence-corrected chi connectivity index (χ1v) is 6.79. The molecule has 0 amide bonds. The number of carbonyl (C=O) groups excluding carboxylic acids is 1. The van der Waals surface area contributed by atoms with Gasteiger partial charge in [-0.05, 0) is 35.9 Å². The van der Waals surface area contributed by atoms with Crippen LogP contribution in [0, 0.1) is 10.1 Å². The number of cyclic esters (lactones) is 1. The van der Waals surface area contributed by atoms with Crippen molar-refractivity contribution in [3.63, 3.8) is 0 Å². The van der Waals surface area contributed by atoms with Crippen LogP contribution in [0.4, 0.5) is 5.69 Å². The molecule has 0 aliphatic carbocycles. The van der Waals surface area contributed by atoms with Crippen LogP contribution in [0.2, 0.25) is 5.02 Å². The van der Waals surface area contributed by atoms with Gasteiger partial charge in [0.2, 0.25) is 5.90 Å². The Morgan fingerprint density at radius 1 is 1.22 bits per heavy atom. The average Bonchev–Trinajstić information content (AvgIpc) is 2.89. The van der Waals surface area contributed by atoms with Gasteiger partial charge < -0.3 is 4.74 Å². The second kappa shape index (κ2) is 5.98. The molecule has 1 aliphatic rings. The number of hydrogen-bond donors (Lipinski definition) is 0. The van der Waals surface area contributed by atoms with Gasteiger partial charge >= 0.3 is 5.97 Å². The Bertz CT molecular complexity index is 862. The number of esters is 1. The zero-order valence-electron chi connectivity index (χ0n) is 11.5. The van der Waals surface area contributed by atoms with Crippen LogP contribution in [0.3, 0.4) is 0 Å². The Hall–Kier alpha value is -3.06. The highest BCUT2D eigenvalue weighted by Crippen LogP contribution is 2.27. The fourth-order valence-electron chi connectivity index (χ4n) is 1.94. The van der Waals surface area contributed by atoms with E-state index in [1.807, 2.05) is 0 Å². The van der Waals surface area contributed by atoms with E-state index in [1.54, 1.807) is 30.6 Å². The lowest BCUT2D eigenvalue weighted by molar-refractivity contribution is -0.384. The van der Waals surface area contributed by atoms with Gasteiger partial charge in [0, 0.05) is 24.0 Å². The number of nitro groups is 1. The van der Waals surface area contributed by atoms with Crippen molar-refractivity contribution in [3.05, 3.63) is 74.7 Å². The minimum atomic E-state index is -0.630. The highest BCUT2D eigenvalue weighted by Gasteiger charge is 2.26. The summed E-state index contributed by atoms with van der Waals surface area (Å²) < 4.78 is 5.07. The molecule has 7 nitrogen and oxygen atoms in total. The van der Waals surface area contributed by atoms with Crippen molar-refractivity contribution in [3.8, 4) is 0 Å². The number of benzene rings is 1. The zero-order valence-corrected chi connectivity index (χ0v) is 12.2. The van der Waals surface area contributed by atoms with E-state index in [0.717, 1.165) is 5.56 Å². The number of nitro benzene ring substituents is 1. The van der Waals surface area contributed by atoms with Gasteiger partial charge in [-0.3, -0.25) is 15.1 Å². The Morgan fingerprint density at radius 3 is 2.65 bits per heavy atom. The van der Waals surface area contributed by atoms with E-state index in [2.05, 4.69) is 9.98 Å². The zero-order chi connectivity index (χ0) is 16.4. The Balaban J connectivity index is 1.97. The molecule has 2 aromatic rings. The van der Waals surface area contributed by atoms with Crippen molar-refractivity contribution >= 4 is 35.2 Å². The maximum Gasteiger partial charge on any atom is 0.363 e. The Kier molecular flexibility index (Phi) is 3.86. The van der Waals surface area contributed by atoms with Gasteiger partial charge in [0.15, 0.2) is 5.70 Å². The van der Waals surface area contributed by atoms with Crippen LogP contribution in [0.15, 0.2) is 53.4 Å². The summed E-state index contributed by atoms with van der Waals surface area (Å²) in [7, 11) is 0. The molecule has 0 atom stereocenters. The molecule has 1 aromatic carbocycles. The minimum absolute atomic E-state index is 0.00350. The highest BCUT2D eigenvalue weighted by atomic mass is 35.5. The van der Waals surface area contributed by atoms with E-state index < -0.39 is 10.9 Å². The fraction of sp³-hybridized carbons (Fsp3) is 0. The van der Waals surface area contributed by atoms with E-state index in [0.29, 0.717) is 5.56 Å². The average molecular weight is 330 g/mol. The topological polar surface area (TPSA) is 94.7 Å². The standard InChI is InChI=1S/C15H8ClN3O4/c16-11-2-1-10(8-13(11)19(21)22)14-18-12(15(20)23-14)7-9-3-5-17-6-4-9/h1-8H/b12-7-. The Morgan fingerprint density at radius 2 is 1.96 bits per heavy atom. The van der Waals surface area contributed by atoms with Crippen LogP contribution in [-0.2, 0) is 9.53 Å². The molecule has 2 heterocycles. The summed E-state index contributed by atoms with van der Waals surface area (Å²) in [6.07, 6.45) is 4.71. The van der Waals surface area contributed by atoms with Gasteiger partial charge in [-0.1, -0.05) is 11.6 Å². The summed E-state index contributed by atoms with van der Waals surface area (Å²) >= 11 is 5.76. The number of hydrogen-bond acceptors (Lipinski definition) is 6. The van der Waals surface area contributed by atoms with Gasteiger partial charge in [0.05, 0.1) is 4.92 Å². The second-order valence-corrected chi connectivity index (χ2v) is 4.95. The predicted octanol–water partition coefficient (Wildman–Crippen LogP) is 2.99. The van der Waals surface area contributed by atoms with Gasteiger partial charge in [0.1, 0.15) is 5.02 Å². The number of halogens is 1. The van der Waals surface area contributed by atoms with Crippen molar-refractivity contribution in [1.29, 1.82) is 0 Å². The molecule has 0 N–H and O–H groups in total. The van der Waals surface area contributed by atoms with E-state index in [1.165, 1.54) is 18.2 Å². The van der Waals surface area contributed by atoms with Gasteiger partial charge in [-0.25, -0.2) is 9.79 Å². The number of aromatic nitrogens is 1. The number of aliphatic imine (C=N–C) groups is 1. The van der Waals surface area contributed by atoms with Crippen molar-refractivity contribution < 1.29 is 14.5 Å². The summed E-state index contributed by atoms with van der Waals surface area (Å²) in [5.41, 5.74) is 0.852. The third-order valence-electron chi connectivity index (χ3n) is 3.02. The molecule has 3 rings (SSSR count). The van der Waals surface area contributed by atoms with Crippen molar-refractivity contribution in [2.45, 2.75) is 0 Å². The summed E-state index contributed by atoms with van der Waals surface area (Å²) in [6, 6.07) is 7.48. The summed E-state index contributed by atoms with van der Waals surface area (Å²) in [4.78, 5) is 30.1. The monoisotopic (exact) mass is 329 g/mol. The quantitative estimate of drug-likeness (QED) is 0.373. The van der Waals surface area contributed by atoms with E-state index in [-0.39, 0.29) is 22.3 Å². The first-order valence-electron chi connectivity index (χ1n) is 6.41. The number of pyridine rings is 1. The molecule has 23 heavy (non-hydrogen) atoms. The molecule has 0 unspecified atom stereocenters. The van der Waals surface area contributed by atoms with Crippen LogP contribution >= 0.6 is 11.6 Å². The first kappa shape index (κ1) is 14.9. The lowest BCUT2D eigenvalue weighted by Gasteiger charge is -2.00. The lowest BCUT2D eigenvalue weighted by atomic mass is 10.2. The van der Waals surface area contributed by atoms with E-state index in [9.17, 15) is 14.9 Å². The second-order valence-electron chi connectivity index (χ2n) is 4.54. The van der Waals surface area contributed by atoms with Crippen molar-refractivity contribution in [2.75, 3.05) is 0 Å². The van der Waals surface area contributed by atoms with Crippen LogP contribution in [0.25, 0.3) is 6.08 Å². The lowest BCUT2D eigenvalue weighted by Crippen LogP contribution is -2.06. The third kappa shape index (κ3) is 3.09. The summed E-state index contributed by atoms with van der Waals surface area (Å²) in [6.45, 7) is 0. The maximum atomic E-state index is 11.9. The van der Waals surface area contributed by atoms with Gasteiger partial charge in [0.25, 0.3) is 5.69 Å². The van der Waals surface area contributed by atoms with Crippen LogP contribution in [0.5, 0.6) is 0 Å². The largest absolute Gasteiger partial charge is 0.402 e. The molecule has 0 spiro atoms. The molecule has 8 heteroatoms. The SMILES string of the molecule is O=C1OC(c2ccc(Cl)c([N+](=O)[O-])c2)=N/C1=C\c1ccncc1. The van der Waals surface area contributed by atoms with Crippen LogP contribution < -0.4 is 0 Å². The smallest absolute Gasteiger partial charge is 0.363 e. The molecule has 0 saturated carbocycles. The molecule has 1 aromatic heterocycles. The molecule has 0 fully saturated rings. The summed E-state index contributed by atoms with van der Waals surface area (Å²) in [5.74, 6) is -0.635.